The van der Waals surface area contributed by atoms with Crippen molar-refractivity contribution in [3.05, 3.63) is 34.7 Å². The Balaban J connectivity index is 1.92. The summed E-state index contributed by atoms with van der Waals surface area (Å²) in [4.78, 5) is 40.6. The molecule has 0 spiro atoms. The number of likely N-dealkylation sites (N-methyl/N-ethyl adjacent to an activating group) is 1. The second kappa shape index (κ2) is 7.59. The summed E-state index contributed by atoms with van der Waals surface area (Å²) in [5, 5.41) is 0. The number of hydrogen-bond acceptors (Lipinski definition) is 6. The van der Waals surface area contributed by atoms with Gasteiger partial charge in [-0.05, 0) is 19.9 Å². The van der Waals surface area contributed by atoms with Gasteiger partial charge in [0.25, 0.3) is 11.8 Å². The van der Waals surface area contributed by atoms with Crippen LogP contribution >= 0.6 is 24.0 Å². The summed E-state index contributed by atoms with van der Waals surface area (Å²) in [5.74, 6) is -0.909. The van der Waals surface area contributed by atoms with Gasteiger partial charge in [0.15, 0.2) is 0 Å². The molecule has 0 aromatic heterocycles. The van der Waals surface area contributed by atoms with Crippen LogP contribution in [0.5, 0.6) is 0 Å². The fourth-order valence-electron chi connectivity index (χ4n) is 2.99. The van der Waals surface area contributed by atoms with Gasteiger partial charge in [-0.3, -0.25) is 19.3 Å². The van der Waals surface area contributed by atoms with Crippen LogP contribution in [0.1, 0.15) is 25.8 Å². The maximum atomic E-state index is 12.9. The van der Waals surface area contributed by atoms with Crippen molar-refractivity contribution >= 4 is 57.3 Å². The number of nitrogens with zero attached hydrogens (tertiary/aromatic N) is 2. The third kappa shape index (κ3) is 3.14. The van der Waals surface area contributed by atoms with E-state index in [0.717, 1.165) is 23.0 Å². The molecule has 136 valence electrons. The van der Waals surface area contributed by atoms with Gasteiger partial charge in [-0.25, -0.2) is 0 Å². The van der Waals surface area contributed by atoms with E-state index in [-0.39, 0.29) is 30.7 Å². The Labute approximate surface area is 161 Å². The van der Waals surface area contributed by atoms with E-state index in [0.29, 0.717) is 28.0 Å². The van der Waals surface area contributed by atoms with E-state index in [9.17, 15) is 14.4 Å². The Morgan fingerprint density at radius 3 is 2.58 bits per heavy atom. The van der Waals surface area contributed by atoms with Crippen molar-refractivity contribution in [3.63, 3.8) is 0 Å². The first kappa shape index (κ1) is 18.6. The van der Waals surface area contributed by atoms with E-state index >= 15 is 0 Å². The van der Waals surface area contributed by atoms with Gasteiger partial charge in [-0.15, -0.1) is 0 Å². The summed E-state index contributed by atoms with van der Waals surface area (Å²) in [6, 6.07) is 7.41. The van der Waals surface area contributed by atoms with Gasteiger partial charge in [0, 0.05) is 18.7 Å². The van der Waals surface area contributed by atoms with Crippen molar-refractivity contribution in [1.82, 2.24) is 4.90 Å². The number of fused-ring (bicyclic) bond motifs is 1. The highest BCUT2D eigenvalue weighted by molar-refractivity contribution is 8.26. The Morgan fingerprint density at radius 2 is 1.88 bits per heavy atom. The zero-order valence-corrected chi connectivity index (χ0v) is 16.1. The van der Waals surface area contributed by atoms with Crippen LogP contribution in [0, 0.1) is 0 Å². The highest BCUT2D eigenvalue weighted by Crippen LogP contribution is 2.44. The molecule has 2 aliphatic heterocycles. The third-order valence-electron chi connectivity index (χ3n) is 4.16. The Morgan fingerprint density at radius 1 is 1.15 bits per heavy atom. The van der Waals surface area contributed by atoms with Gasteiger partial charge in [-0.2, -0.15) is 0 Å². The number of ether oxygens (including phenoxy) is 1. The molecule has 1 aromatic carbocycles. The minimum Gasteiger partial charge on any atom is -0.466 e. The summed E-state index contributed by atoms with van der Waals surface area (Å²) in [5.41, 5.74) is 1.93. The van der Waals surface area contributed by atoms with Gasteiger partial charge in [0.05, 0.1) is 29.2 Å². The lowest BCUT2D eigenvalue weighted by Gasteiger charge is -2.14. The number of carbonyl (C=O) groups excluding carboxylic acids is 3. The molecule has 3 rings (SSSR count). The highest BCUT2D eigenvalue weighted by Gasteiger charge is 2.41. The summed E-state index contributed by atoms with van der Waals surface area (Å²) in [7, 11) is 0. The molecule has 0 unspecified atom stereocenters. The summed E-state index contributed by atoms with van der Waals surface area (Å²) in [6.45, 7) is 4.57. The van der Waals surface area contributed by atoms with Crippen LogP contribution in [0.15, 0.2) is 29.2 Å². The Hall–Kier alpha value is -2.19. The molecule has 8 heteroatoms. The monoisotopic (exact) mass is 390 g/mol. The molecule has 0 N–H and O–H groups in total. The lowest BCUT2D eigenvalue weighted by molar-refractivity contribution is -0.143. The van der Waals surface area contributed by atoms with Crippen LogP contribution in [0.2, 0.25) is 0 Å². The van der Waals surface area contributed by atoms with E-state index in [1.807, 2.05) is 31.2 Å². The fraction of sp³-hybridized carbons (Fsp3) is 0.333. The number of thiocarbonyl (C=S) groups is 1. The summed E-state index contributed by atoms with van der Waals surface area (Å²) >= 11 is 6.41. The maximum absolute atomic E-state index is 12.9. The molecule has 1 fully saturated rings. The predicted molar refractivity (Wildman–Crippen MR) is 105 cm³/mol. The molecule has 0 saturated carbocycles. The highest BCUT2D eigenvalue weighted by atomic mass is 32.2. The molecule has 0 atom stereocenters. The van der Waals surface area contributed by atoms with Crippen molar-refractivity contribution in [2.24, 2.45) is 0 Å². The van der Waals surface area contributed by atoms with Crippen LogP contribution in [0.3, 0.4) is 0 Å². The molecule has 26 heavy (non-hydrogen) atoms. The van der Waals surface area contributed by atoms with E-state index in [4.69, 9.17) is 17.0 Å². The van der Waals surface area contributed by atoms with Crippen LogP contribution < -0.4 is 4.90 Å². The minimum absolute atomic E-state index is 0.0640. The SMILES string of the molecule is CCOC(=O)CCN1C(=O)/C(=C2/C(=O)N(CC)c3ccccc32)SC1=S. The molecular formula is C18H18N2O4S2. The number of para-hydroxylation sites is 1. The van der Waals surface area contributed by atoms with Crippen LogP contribution in [-0.2, 0) is 19.1 Å². The van der Waals surface area contributed by atoms with Gasteiger partial charge >= 0.3 is 5.97 Å². The van der Waals surface area contributed by atoms with Crippen molar-refractivity contribution in [3.8, 4) is 0 Å². The van der Waals surface area contributed by atoms with Gasteiger partial charge < -0.3 is 9.64 Å². The number of hydrogen-bond donors (Lipinski definition) is 0. The average molecular weight is 390 g/mol. The van der Waals surface area contributed by atoms with Crippen molar-refractivity contribution < 1.29 is 19.1 Å². The average Bonchev–Trinajstić information content (AvgIpc) is 3.06. The lowest BCUT2D eigenvalue weighted by Crippen LogP contribution is -2.31. The minimum atomic E-state index is -0.381. The lowest BCUT2D eigenvalue weighted by atomic mass is 10.1. The molecule has 0 radical (unpaired) electrons. The molecule has 6 nitrogen and oxygen atoms in total. The number of carbonyl (C=O) groups is 3. The maximum Gasteiger partial charge on any atom is 0.307 e. The van der Waals surface area contributed by atoms with Crippen LogP contribution in [0.25, 0.3) is 5.57 Å². The van der Waals surface area contributed by atoms with Crippen LogP contribution in [-0.4, -0.2) is 46.7 Å². The molecule has 2 heterocycles. The molecule has 1 aromatic rings. The van der Waals surface area contributed by atoms with Gasteiger partial charge in [-0.1, -0.05) is 42.2 Å². The first-order valence-corrected chi connectivity index (χ1v) is 9.56. The fourth-order valence-corrected chi connectivity index (χ4v) is 4.37. The largest absolute Gasteiger partial charge is 0.466 e. The van der Waals surface area contributed by atoms with Gasteiger partial charge in [0.1, 0.15) is 4.32 Å². The van der Waals surface area contributed by atoms with E-state index in [1.54, 1.807) is 11.8 Å². The second-order valence-electron chi connectivity index (χ2n) is 5.65. The number of esters is 1. The molecule has 2 aliphatic rings. The van der Waals surface area contributed by atoms with E-state index in [2.05, 4.69) is 0 Å². The zero-order chi connectivity index (χ0) is 18.8. The van der Waals surface area contributed by atoms with Crippen LogP contribution in [0.4, 0.5) is 5.69 Å². The number of benzene rings is 1. The third-order valence-corrected chi connectivity index (χ3v) is 5.61. The Kier molecular flexibility index (Phi) is 5.43. The van der Waals surface area contributed by atoms with Gasteiger partial charge in [0.2, 0.25) is 0 Å². The number of anilines is 1. The summed E-state index contributed by atoms with van der Waals surface area (Å²) < 4.78 is 5.24. The predicted octanol–water partition coefficient (Wildman–Crippen LogP) is 2.58. The molecule has 2 amide bonds. The van der Waals surface area contributed by atoms with Crippen molar-refractivity contribution in [2.75, 3.05) is 24.6 Å². The second-order valence-corrected chi connectivity index (χ2v) is 7.29. The zero-order valence-electron chi connectivity index (χ0n) is 14.5. The van der Waals surface area contributed by atoms with Crippen molar-refractivity contribution in [2.45, 2.75) is 20.3 Å². The summed E-state index contributed by atoms with van der Waals surface area (Å²) in [6.07, 6.45) is 0.0640. The first-order chi connectivity index (χ1) is 12.5. The normalized spacial score (nSPS) is 19.4. The molecule has 0 aliphatic carbocycles. The first-order valence-electron chi connectivity index (χ1n) is 8.34. The smallest absolute Gasteiger partial charge is 0.307 e. The number of thioether (sulfide) groups is 1. The topological polar surface area (TPSA) is 66.9 Å². The van der Waals surface area contributed by atoms with E-state index in [1.165, 1.54) is 4.90 Å². The quantitative estimate of drug-likeness (QED) is 0.437. The molecule has 1 saturated heterocycles. The molecule has 0 bridgehead atoms. The molecular weight excluding hydrogens is 372 g/mol. The Bertz CT molecular complexity index is 834. The number of rotatable bonds is 5. The standard InChI is InChI=1S/C18H18N2O4S2/c1-3-19-12-8-6-5-7-11(12)14(16(19)22)15-17(23)20(18(25)26-15)10-9-13(21)24-4-2/h5-8H,3-4,9-10H2,1-2H3/b15-14-. The van der Waals surface area contributed by atoms with Crippen molar-refractivity contribution in [1.29, 1.82) is 0 Å². The van der Waals surface area contributed by atoms with E-state index < -0.39 is 0 Å². The number of amides is 2.